The van der Waals surface area contributed by atoms with Crippen molar-refractivity contribution >= 4 is 17.9 Å². The fraction of sp³-hybridized carbons (Fsp3) is 0.800. The Balaban J connectivity index is 1.91. The molecule has 0 unspecified atom stereocenters. The zero-order valence-electron chi connectivity index (χ0n) is 28.9. The molecule has 1 heterocycles. The summed E-state index contributed by atoms with van der Waals surface area (Å²) in [6.45, 7) is 18.2. The van der Waals surface area contributed by atoms with E-state index in [0.717, 1.165) is 11.1 Å². The van der Waals surface area contributed by atoms with Crippen LogP contribution in [0.5, 0.6) is 0 Å². The molecule has 13 atom stereocenters. The molecule has 0 aromatic heterocycles. The fourth-order valence-corrected chi connectivity index (χ4v) is 8.74. The van der Waals surface area contributed by atoms with Gasteiger partial charge in [-0.3, -0.25) is 14.4 Å². The molecule has 0 amide bonds. The highest BCUT2D eigenvalue weighted by molar-refractivity contribution is 5.72. The van der Waals surface area contributed by atoms with E-state index < -0.39 is 96.3 Å². The van der Waals surface area contributed by atoms with Gasteiger partial charge in [0.1, 0.15) is 42.7 Å². The molecular weight excluding hydrogens is 612 g/mol. The van der Waals surface area contributed by atoms with Gasteiger partial charge in [-0.15, -0.1) is 0 Å². The third-order valence-electron chi connectivity index (χ3n) is 11.1. The number of aliphatic hydroxyl groups excluding tert-OH is 4. The molecule has 12 nitrogen and oxygen atoms in total. The van der Waals surface area contributed by atoms with Gasteiger partial charge in [-0.2, -0.15) is 0 Å². The lowest BCUT2D eigenvalue weighted by Crippen LogP contribution is -2.62. The van der Waals surface area contributed by atoms with E-state index in [-0.39, 0.29) is 11.9 Å². The van der Waals surface area contributed by atoms with Crippen LogP contribution in [0.2, 0.25) is 0 Å². The minimum Gasteiger partial charge on any atom is -0.461 e. The molecule has 3 aliphatic carbocycles. The minimum atomic E-state index is -1.62. The number of esters is 3. The molecule has 0 aromatic rings. The van der Waals surface area contributed by atoms with Crippen molar-refractivity contribution in [3.8, 4) is 0 Å². The van der Waals surface area contributed by atoms with Crippen LogP contribution in [-0.2, 0) is 38.1 Å². The van der Waals surface area contributed by atoms with Crippen molar-refractivity contribution in [2.75, 3.05) is 6.61 Å². The molecular formula is C35H54O12. The fourth-order valence-electron chi connectivity index (χ4n) is 8.74. The number of rotatable bonds is 8. The Morgan fingerprint density at radius 3 is 2.21 bits per heavy atom. The van der Waals surface area contributed by atoms with Gasteiger partial charge in [-0.25, -0.2) is 0 Å². The molecule has 1 aliphatic heterocycles. The van der Waals surface area contributed by atoms with Crippen LogP contribution in [0.25, 0.3) is 0 Å². The zero-order chi connectivity index (χ0) is 35.2. The number of carbonyl (C=O) groups is 3. The van der Waals surface area contributed by atoms with Crippen molar-refractivity contribution in [2.45, 2.75) is 143 Å². The number of aliphatic hydroxyl groups is 4. The monoisotopic (exact) mass is 666 g/mol. The van der Waals surface area contributed by atoms with Crippen molar-refractivity contribution in [3.05, 3.63) is 23.3 Å². The summed E-state index contributed by atoms with van der Waals surface area (Å²) in [5, 5.41) is 41.8. The van der Waals surface area contributed by atoms with Crippen molar-refractivity contribution in [2.24, 2.45) is 28.6 Å². The van der Waals surface area contributed by atoms with Crippen LogP contribution in [0.15, 0.2) is 23.3 Å². The Labute approximate surface area is 277 Å². The van der Waals surface area contributed by atoms with Crippen molar-refractivity contribution in [3.63, 3.8) is 0 Å². The molecule has 4 rings (SSSR count). The van der Waals surface area contributed by atoms with Gasteiger partial charge in [0.25, 0.3) is 0 Å². The van der Waals surface area contributed by atoms with Gasteiger partial charge >= 0.3 is 17.9 Å². The van der Waals surface area contributed by atoms with Crippen LogP contribution < -0.4 is 0 Å². The standard InChI is InChI=1S/C35H54O12/c1-10-16(2)32(42)45-22-13-17(3)25-23(46-33-30(41)29(40)28(39)24(15-36)47-33)14-35(9)12-11-21(43-19(5)37)18(4)26(35)31(44-20(6)38)27(22)34(25,7)8/h16,21-24,26-31,33,36,39-41H,4,10-15H2,1-3,5-9H3/t16-,21-,22-,23-,24+,26-,27-,28+,29-,30+,31-,33+,35-/m0/s1. The second-order valence-electron chi connectivity index (χ2n) is 14.9. The predicted octanol–water partition coefficient (Wildman–Crippen LogP) is 2.73. The lowest BCUT2D eigenvalue weighted by Gasteiger charge is -2.59. The Kier molecular flexibility index (Phi) is 11.4. The first-order valence-corrected chi connectivity index (χ1v) is 16.8. The van der Waals surface area contributed by atoms with Gasteiger partial charge in [0.05, 0.1) is 18.6 Å². The number of ether oxygens (including phenoxy) is 5. The van der Waals surface area contributed by atoms with E-state index in [1.165, 1.54) is 13.8 Å². The first kappa shape index (κ1) is 37.5. The average molecular weight is 667 g/mol. The molecule has 266 valence electrons. The second-order valence-corrected chi connectivity index (χ2v) is 14.9. The summed E-state index contributed by atoms with van der Waals surface area (Å²) < 4.78 is 30.6. The predicted molar refractivity (Wildman–Crippen MR) is 168 cm³/mol. The summed E-state index contributed by atoms with van der Waals surface area (Å²) in [5.41, 5.74) is 0.843. The van der Waals surface area contributed by atoms with Crippen molar-refractivity contribution in [1.29, 1.82) is 0 Å². The van der Waals surface area contributed by atoms with E-state index in [2.05, 4.69) is 6.58 Å². The Bertz CT molecular complexity index is 1240. The van der Waals surface area contributed by atoms with Crippen LogP contribution in [0, 0.1) is 28.6 Å². The summed E-state index contributed by atoms with van der Waals surface area (Å²) in [6, 6.07) is 0. The van der Waals surface area contributed by atoms with Crippen molar-refractivity contribution < 1.29 is 58.5 Å². The Morgan fingerprint density at radius 2 is 1.64 bits per heavy atom. The summed E-state index contributed by atoms with van der Waals surface area (Å²) >= 11 is 0. The quantitative estimate of drug-likeness (QED) is 0.169. The molecule has 47 heavy (non-hydrogen) atoms. The highest BCUT2D eigenvalue weighted by Crippen LogP contribution is 2.61. The van der Waals surface area contributed by atoms with E-state index in [0.29, 0.717) is 37.7 Å². The Hall–Kier alpha value is -2.35. The van der Waals surface area contributed by atoms with Crippen LogP contribution in [0.4, 0.5) is 0 Å². The van der Waals surface area contributed by atoms with Gasteiger partial charge in [0.15, 0.2) is 6.29 Å². The molecule has 4 aliphatic rings. The van der Waals surface area contributed by atoms with Crippen LogP contribution in [0.3, 0.4) is 0 Å². The maximum Gasteiger partial charge on any atom is 0.308 e. The first-order valence-electron chi connectivity index (χ1n) is 16.8. The molecule has 0 radical (unpaired) electrons. The Morgan fingerprint density at radius 1 is 1.00 bits per heavy atom. The summed E-state index contributed by atoms with van der Waals surface area (Å²) in [5.74, 6) is -2.82. The lowest BCUT2D eigenvalue weighted by atomic mass is 9.50. The average Bonchev–Trinajstić information content (AvgIpc) is 2.96. The number of hydrogen-bond donors (Lipinski definition) is 4. The smallest absolute Gasteiger partial charge is 0.308 e. The van der Waals surface area contributed by atoms with Crippen molar-refractivity contribution in [1.82, 2.24) is 0 Å². The topological polar surface area (TPSA) is 178 Å². The number of fused-ring (bicyclic) bond motifs is 3. The van der Waals surface area contributed by atoms with Gasteiger partial charge in [-0.1, -0.05) is 46.8 Å². The zero-order valence-corrected chi connectivity index (χ0v) is 28.9. The lowest BCUT2D eigenvalue weighted by molar-refractivity contribution is -0.312. The third-order valence-corrected chi connectivity index (χ3v) is 11.1. The summed E-state index contributed by atoms with van der Waals surface area (Å²) in [4.78, 5) is 38.3. The first-order chi connectivity index (χ1) is 21.9. The second kappa shape index (κ2) is 14.2. The highest BCUT2D eigenvalue weighted by Gasteiger charge is 2.61. The third kappa shape index (κ3) is 7.19. The van der Waals surface area contributed by atoms with Gasteiger partial charge in [0.2, 0.25) is 0 Å². The summed E-state index contributed by atoms with van der Waals surface area (Å²) in [6.07, 6.45) is -7.94. The molecule has 0 spiro atoms. The SMILES string of the molecule is C=C1[C@@H](OC(C)=O)CC[C@@]2(C)C[C@H](O[C@@H]3O[C@H](CO)[C@@H](O)[C@H](O)[C@H]3O)C3=C(C)C[C@H](OC(=O)[C@@H](C)CC)[C@@H]([C@@H](OC(C)=O)[C@H]12)C3(C)C. The van der Waals surface area contributed by atoms with E-state index in [9.17, 15) is 34.8 Å². The molecule has 3 fully saturated rings. The number of hydrogen-bond acceptors (Lipinski definition) is 12. The molecule has 2 saturated carbocycles. The number of carbonyl (C=O) groups excluding carboxylic acids is 3. The van der Waals surface area contributed by atoms with Crippen LogP contribution in [-0.4, -0.2) is 100 Å². The minimum absolute atomic E-state index is 0.321. The van der Waals surface area contributed by atoms with Gasteiger partial charge in [-0.05, 0) is 54.6 Å². The van der Waals surface area contributed by atoms with E-state index >= 15 is 0 Å². The van der Waals surface area contributed by atoms with E-state index in [1.807, 2.05) is 34.6 Å². The largest absolute Gasteiger partial charge is 0.461 e. The normalized spacial score (nSPS) is 40.8. The van der Waals surface area contributed by atoms with Crippen LogP contribution in [0.1, 0.15) is 87.5 Å². The maximum atomic E-state index is 13.3. The maximum absolute atomic E-state index is 13.3. The molecule has 0 aromatic carbocycles. The molecule has 12 heteroatoms. The molecule has 4 N–H and O–H groups in total. The molecule has 2 bridgehead atoms. The van der Waals surface area contributed by atoms with Crippen LogP contribution >= 0.6 is 0 Å². The van der Waals surface area contributed by atoms with E-state index in [1.54, 1.807) is 6.92 Å². The molecule has 1 saturated heterocycles. The highest BCUT2D eigenvalue weighted by atomic mass is 16.7. The van der Waals surface area contributed by atoms with Gasteiger partial charge in [0, 0.05) is 32.1 Å². The van der Waals surface area contributed by atoms with Gasteiger partial charge < -0.3 is 44.1 Å². The van der Waals surface area contributed by atoms with E-state index in [4.69, 9.17) is 23.7 Å². The summed E-state index contributed by atoms with van der Waals surface area (Å²) in [7, 11) is 0.